The predicted molar refractivity (Wildman–Crippen MR) is 93.1 cm³/mol. The topological polar surface area (TPSA) is 58.7 Å². The van der Waals surface area contributed by atoms with E-state index in [1.165, 1.54) is 12.1 Å². The SMILES string of the molecule is CC1(c2ccccc2)CN(C(N)=O)N=C1c1ccc(C(F)(F)F)c(Cl)c1. The summed E-state index contributed by atoms with van der Waals surface area (Å²) >= 11 is 5.85. The van der Waals surface area contributed by atoms with Crippen molar-refractivity contribution < 1.29 is 18.0 Å². The van der Waals surface area contributed by atoms with E-state index in [-0.39, 0.29) is 6.54 Å². The van der Waals surface area contributed by atoms with Crippen LogP contribution in [0.3, 0.4) is 0 Å². The molecule has 1 unspecified atom stereocenters. The molecule has 2 aromatic carbocycles. The lowest BCUT2D eigenvalue weighted by atomic mass is 9.76. The number of halogens is 4. The van der Waals surface area contributed by atoms with Gasteiger partial charge in [0.25, 0.3) is 0 Å². The number of carbonyl (C=O) groups excluding carboxylic acids is 1. The minimum Gasteiger partial charge on any atom is -0.350 e. The van der Waals surface area contributed by atoms with Gasteiger partial charge in [0.05, 0.1) is 28.3 Å². The molecule has 0 fully saturated rings. The normalized spacial score (nSPS) is 20.2. The number of amides is 2. The molecule has 0 bridgehead atoms. The molecule has 2 aromatic rings. The average Bonchev–Trinajstić information content (AvgIpc) is 2.94. The fourth-order valence-corrected chi connectivity index (χ4v) is 3.36. The maximum absolute atomic E-state index is 13.0. The Balaban J connectivity index is 2.12. The Kier molecular flexibility index (Phi) is 4.44. The fourth-order valence-electron chi connectivity index (χ4n) is 3.07. The molecule has 2 N–H and O–H groups in total. The van der Waals surface area contributed by atoms with Gasteiger partial charge in [0.15, 0.2) is 0 Å². The molecule has 1 atom stereocenters. The first-order chi connectivity index (χ1) is 12.1. The Morgan fingerprint density at radius 3 is 2.42 bits per heavy atom. The summed E-state index contributed by atoms with van der Waals surface area (Å²) in [6.07, 6.45) is -4.55. The van der Waals surface area contributed by atoms with E-state index < -0.39 is 28.2 Å². The Morgan fingerprint density at radius 1 is 1.23 bits per heavy atom. The number of hydrogen-bond donors (Lipinski definition) is 1. The van der Waals surface area contributed by atoms with Gasteiger partial charge in [0, 0.05) is 5.56 Å². The van der Waals surface area contributed by atoms with Gasteiger partial charge in [-0.2, -0.15) is 18.3 Å². The minimum absolute atomic E-state index is 0.181. The summed E-state index contributed by atoms with van der Waals surface area (Å²) in [5.41, 5.74) is 5.38. The van der Waals surface area contributed by atoms with E-state index in [1.54, 1.807) is 0 Å². The predicted octanol–water partition coefficient (Wildman–Crippen LogP) is 4.42. The van der Waals surface area contributed by atoms with Gasteiger partial charge in [-0.3, -0.25) is 0 Å². The van der Waals surface area contributed by atoms with Crippen LogP contribution >= 0.6 is 11.6 Å². The Bertz CT molecular complexity index is 883. The number of urea groups is 1. The van der Waals surface area contributed by atoms with Crippen molar-refractivity contribution in [2.24, 2.45) is 10.8 Å². The number of hydrogen-bond acceptors (Lipinski definition) is 2. The molecule has 0 saturated carbocycles. The molecule has 136 valence electrons. The maximum atomic E-state index is 13.0. The number of nitrogens with zero attached hydrogens (tertiary/aromatic N) is 2. The average molecular weight is 382 g/mol. The highest BCUT2D eigenvalue weighted by atomic mass is 35.5. The molecule has 26 heavy (non-hydrogen) atoms. The van der Waals surface area contributed by atoms with Crippen molar-refractivity contribution in [1.29, 1.82) is 0 Å². The molecule has 1 aliphatic rings. The van der Waals surface area contributed by atoms with E-state index in [0.29, 0.717) is 11.3 Å². The van der Waals surface area contributed by atoms with Gasteiger partial charge in [-0.05, 0) is 24.6 Å². The fraction of sp³-hybridized carbons (Fsp3) is 0.222. The van der Waals surface area contributed by atoms with E-state index in [0.717, 1.165) is 16.6 Å². The third-order valence-electron chi connectivity index (χ3n) is 4.42. The van der Waals surface area contributed by atoms with Crippen molar-refractivity contribution in [3.8, 4) is 0 Å². The van der Waals surface area contributed by atoms with E-state index in [4.69, 9.17) is 17.3 Å². The number of nitrogens with two attached hydrogens (primary N) is 1. The van der Waals surface area contributed by atoms with Gasteiger partial charge < -0.3 is 5.73 Å². The van der Waals surface area contributed by atoms with Gasteiger partial charge in [-0.25, -0.2) is 9.80 Å². The van der Waals surface area contributed by atoms with E-state index in [9.17, 15) is 18.0 Å². The van der Waals surface area contributed by atoms with Gasteiger partial charge in [0.1, 0.15) is 0 Å². The quantitative estimate of drug-likeness (QED) is 0.822. The molecule has 3 rings (SSSR count). The number of rotatable bonds is 2. The van der Waals surface area contributed by atoms with Crippen LogP contribution in [0.4, 0.5) is 18.0 Å². The number of hydrazone groups is 1. The lowest BCUT2D eigenvalue weighted by Gasteiger charge is -2.27. The van der Waals surface area contributed by atoms with Crippen LogP contribution < -0.4 is 5.73 Å². The first-order valence-electron chi connectivity index (χ1n) is 7.71. The summed E-state index contributed by atoms with van der Waals surface area (Å²) in [5.74, 6) is 0. The van der Waals surface area contributed by atoms with Crippen LogP contribution in [-0.2, 0) is 11.6 Å². The summed E-state index contributed by atoms with van der Waals surface area (Å²) in [4.78, 5) is 11.6. The van der Waals surface area contributed by atoms with Crippen LogP contribution in [0.25, 0.3) is 0 Å². The summed E-state index contributed by atoms with van der Waals surface area (Å²) in [6.45, 7) is 2.04. The van der Waals surface area contributed by atoms with E-state index >= 15 is 0 Å². The van der Waals surface area contributed by atoms with Crippen LogP contribution in [0.1, 0.15) is 23.6 Å². The van der Waals surface area contributed by atoms with E-state index in [2.05, 4.69) is 5.10 Å². The third kappa shape index (κ3) is 3.14. The minimum atomic E-state index is -4.55. The number of carbonyl (C=O) groups is 1. The molecule has 4 nitrogen and oxygen atoms in total. The highest BCUT2D eigenvalue weighted by molar-refractivity contribution is 6.32. The smallest absolute Gasteiger partial charge is 0.350 e. The van der Waals surface area contributed by atoms with Crippen molar-refractivity contribution in [3.05, 3.63) is 70.2 Å². The molecule has 0 spiro atoms. The van der Waals surface area contributed by atoms with Crippen LogP contribution in [0.2, 0.25) is 5.02 Å². The Morgan fingerprint density at radius 2 is 1.88 bits per heavy atom. The second kappa shape index (κ2) is 6.32. The zero-order valence-corrected chi connectivity index (χ0v) is 14.5. The van der Waals surface area contributed by atoms with Crippen molar-refractivity contribution in [1.82, 2.24) is 5.01 Å². The highest BCUT2D eigenvalue weighted by Crippen LogP contribution is 2.38. The molecule has 2 amide bonds. The molecular formula is C18H15ClF3N3O. The van der Waals surface area contributed by atoms with Crippen molar-refractivity contribution in [2.75, 3.05) is 6.54 Å². The maximum Gasteiger partial charge on any atom is 0.417 e. The summed E-state index contributed by atoms with van der Waals surface area (Å²) in [6, 6.07) is 12.0. The van der Waals surface area contributed by atoms with Crippen molar-refractivity contribution in [3.63, 3.8) is 0 Å². The molecule has 0 radical (unpaired) electrons. The van der Waals surface area contributed by atoms with Gasteiger partial charge in [-0.15, -0.1) is 0 Å². The lowest BCUT2D eigenvalue weighted by molar-refractivity contribution is -0.137. The highest BCUT2D eigenvalue weighted by Gasteiger charge is 2.43. The summed E-state index contributed by atoms with van der Waals surface area (Å²) in [5, 5.41) is 4.94. The van der Waals surface area contributed by atoms with Gasteiger partial charge >= 0.3 is 12.2 Å². The molecular weight excluding hydrogens is 367 g/mol. The van der Waals surface area contributed by atoms with Crippen LogP contribution in [0.15, 0.2) is 53.6 Å². The zero-order valence-electron chi connectivity index (χ0n) is 13.7. The number of alkyl halides is 3. The first kappa shape index (κ1) is 18.3. The molecule has 0 aliphatic carbocycles. The zero-order chi connectivity index (χ0) is 19.1. The molecule has 1 heterocycles. The summed E-state index contributed by atoms with van der Waals surface area (Å²) < 4.78 is 38.9. The van der Waals surface area contributed by atoms with Crippen molar-refractivity contribution in [2.45, 2.75) is 18.5 Å². The lowest BCUT2D eigenvalue weighted by Crippen LogP contribution is -2.39. The van der Waals surface area contributed by atoms with Crippen LogP contribution in [0, 0.1) is 0 Å². The summed E-state index contributed by atoms with van der Waals surface area (Å²) in [7, 11) is 0. The molecule has 1 aliphatic heterocycles. The second-order valence-electron chi connectivity index (χ2n) is 6.24. The standard InChI is InChI=1S/C18H15ClF3N3O/c1-17(12-5-3-2-4-6-12)10-25(16(23)26)24-15(17)11-7-8-13(14(19)9-11)18(20,21)22/h2-9H,10H2,1H3,(H2,23,26). The number of benzene rings is 2. The van der Waals surface area contributed by atoms with Gasteiger partial charge in [-0.1, -0.05) is 48.0 Å². The Labute approximate surface area is 153 Å². The second-order valence-corrected chi connectivity index (χ2v) is 6.64. The monoisotopic (exact) mass is 381 g/mol. The number of primary amides is 1. The molecule has 0 aromatic heterocycles. The van der Waals surface area contributed by atoms with E-state index in [1.807, 2.05) is 37.3 Å². The molecule has 8 heteroatoms. The van der Waals surface area contributed by atoms with Crippen molar-refractivity contribution >= 4 is 23.3 Å². The van der Waals surface area contributed by atoms with Gasteiger partial charge in [0.2, 0.25) is 0 Å². The third-order valence-corrected chi connectivity index (χ3v) is 4.74. The van der Waals surface area contributed by atoms with Crippen LogP contribution in [-0.4, -0.2) is 23.3 Å². The van der Waals surface area contributed by atoms with Crippen LogP contribution in [0.5, 0.6) is 0 Å². The Hall–Kier alpha value is -2.54. The molecule has 0 saturated heterocycles. The first-order valence-corrected chi connectivity index (χ1v) is 8.09. The largest absolute Gasteiger partial charge is 0.417 e.